The molecule has 3 aromatic rings. The van der Waals surface area contributed by atoms with Gasteiger partial charge in [0.1, 0.15) is 17.5 Å². The van der Waals surface area contributed by atoms with Crippen molar-refractivity contribution in [3.8, 4) is 11.5 Å². The molecule has 1 amide bonds. The second-order valence-corrected chi connectivity index (χ2v) is 6.36. The van der Waals surface area contributed by atoms with E-state index < -0.39 is 6.04 Å². The number of carbonyl (C=O) groups is 1. The highest BCUT2D eigenvalue weighted by atomic mass is 16.5. The smallest absolute Gasteiger partial charge is 0.242 e. The number of nitrogens with one attached hydrogen (secondary N) is 2. The highest BCUT2D eigenvalue weighted by molar-refractivity contribution is 5.84. The molecule has 1 aromatic carbocycles. The lowest BCUT2D eigenvalue weighted by Gasteiger charge is -2.21. The third kappa shape index (κ3) is 5.52. The summed E-state index contributed by atoms with van der Waals surface area (Å²) in [7, 11) is 3.17. The molecule has 0 saturated heterocycles. The van der Waals surface area contributed by atoms with E-state index in [0.29, 0.717) is 30.2 Å². The summed E-state index contributed by atoms with van der Waals surface area (Å²) in [5.41, 5.74) is 2.59. The van der Waals surface area contributed by atoms with Gasteiger partial charge in [-0.2, -0.15) is 0 Å². The number of aromatic nitrogens is 2. The Labute approximate surface area is 170 Å². The molecule has 150 valence electrons. The van der Waals surface area contributed by atoms with Gasteiger partial charge in [0.15, 0.2) is 0 Å². The monoisotopic (exact) mass is 392 g/mol. The maximum Gasteiger partial charge on any atom is 0.242 e. The second kappa shape index (κ2) is 10.2. The van der Waals surface area contributed by atoms with Gasteiger partial charge in [-0.15, -0.1) is 0 Å². The first-order valence-electron chi connectivity index (χ1n) is 9.22. The Bertz CT molecular complexity index is 920. The number of nitrogens with zero attached hydrogens (tertiary/aromatic N) is 2. The van der Waals surface area contributed by atoms with Crippen LogP contribution in [0.1, 0.15) is 22.7 Å². The van der Waals surface area contributed by atoms with Crippen molar-refractivity contribution in [1.82, 2.24) is 20.6 Å². The standard InChI is InChI=1S/C22H24N4O3/c1-28-18-7-8-20(29-2)19(11-18)21(25-14-16-5-3-9-23-12-16)22(27)26-15-17-6-4-10-24-13-17/h3-13,21,25H,14-15H2,1-2H3,(H,26,27). The molecule has 3 rings (SSSR count). The lowest BCUT2D eigenvalue weighted by Crippen LogP contribution is -2.37. The fraction of sp³-hybridized carbons (Fsp3) is 0.227. The number of hydrogen-bond acceptors (Lipinski definition) is 6. The van der Waals surface area contributed by atoms with Gasteiger partial charge in [0.2, 0.25) is 5.91 Å². The number of rotatable bonds is 9. The Morgan fingerprint density at radius 2 is 1.66 bits per heavy atom. The maximum absolute atomic E-state index is 13.1. The van der Waals surface area contributed by atoms with Gasteiger partial charge < -0.3 is 14.8 Å². The summed E-state index contributed by atoms with van der Waals surface area (Å²) in [6.45, 7) is 0.850. The Kier molecular flexibility index (Phi) is 7.13. The third-order valence-corrected chi connectivity index (χ3v) is 4.43. The minimum atomic E-state index is -0.642. The lowest BCUT2D eigenvalue weighted by molar-refractivity contribution is -0.123. The average Bonchev–Trinajstić information content (AvgIpc) is 2.79. The molecule has 1 unspecified atom stereocenters. The molecule has 0 aliphatic carbocycles. The quantitative estimate of drug-likeness (QED) is 0.582. The van der Waals surface area contributed by atoms with Gasteiger partial charge in [-0.05, 0) is 41.5 Å². The minimum Gasteiger partial charge on any atom is -0.497 e. The van der Waals surface area contributed by atoms with E-state index in [1.54, 1.807) is 51.1 Å². The summed E-state index contributed by atoms with van der Waals surface area (Å²) in [6.07, 6.45) is 6.91. The molecule has 2 aromatic heterocycles. The largest absolute Gasteiger partial charge is 0.497 e. The van der Waals surface area contributed by atoms with Crippen LogP contribution in [0.15, 0.2) is 67.3 Å². The molecule has 7 heteroatoms. The third-order valence-electron chi connectivity index (χ3n) is 4.43. The molecule has 0 saturated carbocycles. The molecule has 0 bridgehead atoms. The van der Waals surface area contributed by atoms with Crippen LogP contribution < -0.4 is 20.1 Å². The van der Waals surface area contributed by atoms with Crippen molar-refractivity contribution in [2.24, 2.45) is 0 Å². The summed E-state index contributed by atoms with van der Waals surface area (Å²) < 4.78 is 10.8. The summed E-state index contributed by atoms with van der Waals surface area (Å²) in [6, 6.07) is 12.3. The number of pyridine rings is 2. The number of hydrogen-bond donors (Lipinski definition) is 2. The lowest BCUT2D eigenvalue weighted by atomic mass is 10.0. The van der Waals surface area contributed by atoms with Crippen LogP contribution in [0.25, 0.3) is 0 Å². The maximum atomic E-state index is 13.1. The Morgan fingerprint density at radius 1 is 0.966 bits per heavy atom. The zero-order valence-electron chi connectivity index (χ0n) is 16.5. The van der Waals surface area contributed by atoms with Crippen LogP contribution in [-0.4, -0.2) is 30.1 Å². The molecule has 0 fully saturated rings. The molecule has 0 aliphatic heterocycles. The van der Waals surface area contributed by atoms with Crippen LogP contribution in [0.3, 0.4) is 0 Å². The van der Waals surface area contributed by atoms with E-state index in [2.05, 4.69) is 20.6 Å². The Morgan fingerprint density at radius 3 is 2.24 bits per heavy atom. The van der Waals surface area contributed by atoms with Gasteiger partial charge in [-0.1, -0.05) is 12.1 Å². The zero-order chi connectivity index (χ0) is 20.5. The van der Waals surface area contributed by atoms with E-state index in [-0.39, 0.29) is 5.91 Å². The van der Waals surface area contributed by atoms with Crippen LogP contribution in [0.4, 0.5) is 0 Å². The second-order valence-electron chi connectivity index (χ2n) is 6.36. The van der Waals surface area contributed by atoms with Gasteiger partial charge in [0, 0.05) is 43.4 Å². The molecule has 0 spiro atoms. The molecule has 2 heterocycles. The molecule has 0 radical (unpaired) electrons. The van der Waals surface area contributed by atoms with Crippen LogP contribution >= 0.6 is 0 Å². The molecule has 0 aliphatic rings. The SMILES string of the molecule is COc1ccc(OC)c(C(NCc2cccnc2)C(=O)NCc2cccnc2)c1. The highest BCUT2D eigenvalue weighted by Gasteiger charge is 2.24. The van der Waals surface area contributed by atoms with Gasteiger partial charge in [0.05, 0.1) is 14.2 Å². The minimum absolute atomic E-state index is 0.177. The summed E-state index contributed by atoms with van der Waals surface area (Å²) in [5.74, 6) is 1.07. The van der Waals surface area contributed by atoms with E-state index >= 15 is 0 Å². The van der Waals surface area contributed by atoms with Crippen molar-refractivity contribution in [3.63, 3.8) is 0 Å². The number of methoxy groups -OCH3 is 2. The number of carbonyl (C=O) groups excluding carboxylic acids is 1. The zero-order valence-corrected chi connectivity index (χ0v) is 16.5. The molecular weight excluding hydrogens is 368 g/mol. The van der Waals surface area contributed by atoms with E-state index in [9.17, 15) is 4.79 Å². The first kappa shape index (κ1) is 20.3. The topological polar surface area (TPSA) is 85.4 Å². The van der Waals surface area contributed by atoms with Crippen LogP contribution in [0.5, 0.6) is 11.5 Å². The summed E-state index contributed by atoms with van der Waals surface area (Å²) in [4.78, 5) is 21.3. The molecular formula is C22H24N4O3. The normalized spacial score (nSPS) is 11.5. The van der Waals surface area contributed by atoms with E-state index in [1.807, 2.05) is 30.3 Å². The van der Waals surface area contributed by atoms with Crippen molar-refractivity contribution in [1.29, 1.82) is 0 Å². The Balaban J connectivity index is 1.83. The van der Waals surface area contributed by atoms with E-state index in [4.69, 9.17) is 9.47 Å². The first-order chi connectivity index (χ1) is 14.2. The molecule has 7 nitrogen and oxygen atoms in total. The fourth-order valence-electron chi connectivity index (χ4n) is 2.93. The van der Waals surface area contributed by atoms with Crippen molar-refractivity contribution >= 4 is 5.91 Å². The van der Waals surface area contributed by atoms with Crippen molar-refractivity contribution in [3.05, 3.63) is 83.9 Å². The number of ether oxygens (including phenoxy) is 2. The van der Waals surface area contributed by atoms with Crippen molar-refractivity contribution in [2.45, 2.75) is 19.1 Å². The van der Waals surface area contributed by atoms with Gasteiger partial charge in [0.25, 0.3) is 0 Å². The number of benzene rings is 1. The molecule has 29 heavy (non-hydrogen) atoms. The fourth-order valence-corrected chi connectivity index (χ4v) is 2.93. The predicted octanol–water partition coefficient (Wildman–Crippen LogP) is 2.64. The highest BCUT2D eigenvalue weighted by Crippen LogP contribution is 2.30. The van der Waals surface area contributed by atoms with Gasteiger partial charge in [-0.25, -0.2) is 0 Å². The number of amides is 1. The summed E-state index contributed by atoms with van der Waals surface area (Å²) in [5, 5.41) is 6.28. The molecule has 2 N–H and O–H groups in total. The van der Waals surface area contributed by atoms with E-state index in [0.717, 1.165) is 11.1 Å². The first-order valence-corrected chi connectivity index (χ1v) is 9.22. The van der Waals surface area contributed by atoms with Gasteiger partial charge in [-0.3, -0.25) is 20.1 Å². The van der Waals surface area contributed by atoms with Crippen molar-refractivity contribution < 1.29 is 14.3 Å². The molecule has 1 atom stereocenters. The Hall–Kier alpha value is -3.45. The van der Waals surface area contributed by atoms with Crippen molar-refractivity contribution in [2.75, 3.05) is 14.2 Å². The average molecular weight is 392 g/mol. The van der Waals surface area contributed by atoms with Crippen LogP contribution in [0.2, 0.25) is 0 Å². The van der Waals surface area contributed by atoms with Crippen LogP contribution in [0, 0.1) is 0 Å². The van der Waals surface area contributed by atoms with Gasteiger partial charge >= 0.3 is 0 Å². The van der Waals surface area contributed by atoms with E-state index in [1.165, 1.54) is 0 Å². The van der Waals surface area contributed by atoms with Crippen LogP contribution in [-0.2, 0) is 17.9 Å². The predicted molar refractivity (Wildman–Crippen MR) is 109 cm³/mol. The summed E-state index contributed by atoms with van der Waals surface area (Å²) >= 11 is 0.